The van der Waals surface area contributed by atoms with E-state index in [4.69, 9.17) is 0 Å². The number of amides is 1. The van der Waals surface area contributed by atoms with Crippen LogP contribution in [0, 0.1) is 0 Å². The van der Waals surface area contributed by atoms with Crippen molar-refractivity contribution in [3.8, 4) is 0 Å². The van der Waals surface area contributed by atoms with Crippen LogP contribution in [0.1, 0.15) is 30.1 Å². The highest BCUT2D eigenvalue weighted by Crippen LogP contribution is 2.22. The predicted molar refractivity (Wildman–Crippen MR) is 86.6 cm³/mol. The Morgan fingerprint density at radius 3 is 2.81 bits per heavy atom. The Labute approximate surface area is 125 Å². The minimum atomic E-state index is 0.156. The van der Waals surface area contributed by atoms with Crippen LogP contribution in [-0.2, 0) is 0 Å². The largest absolute Gasteiger partial charge is 0.335 e. The second-order valence-corrected chi connectivity index (χ2v) is 5.62. The van der Waals surface area contributed by atoms with Gasteiger partial charge in [0.15, 0.2) is 0 Å². The van der Waals surface area contributed by atoms with Gasteiger partial charge in [0.05, 0.1) is 0 Å². The lowest BCUT2D eigenvalue weighted by atomic mass is 10.0. The highest BCUT2D eigenvalue weighted by molar-refractivity contribution is 6.07. The smallest absolute Gasteiger partial charge is 0.254 e. The number of carbonyl (C=O) groups excluding carboxylic acids is 1. The molecule has 1 heterocycles. The van der Waals surface area contributed by atoms with Crippen LogP contribution in [-0.4, -0.2) is 36.5 Å². The van der Waals surface area contributed by atoms with E-state index in [1.807, 2.05) is 35.2 Å². The normalized spacial score (nSPS) is 18.6. The maximum Gasteiger partial charge on any atom is 0.254 e. The highest BCUT2D eigenvalue weighted by Gasteiger charge is 2.25. The molecule has 1 fully saturated rings. The van der Waals surface area contributed by atoms with Crippen LogP contribution in [0.15, 0.2) is 42.5 Å². The fraction of sp³-hybridized carbons (Fsp3) is 0.389. The van der Waals surface area contributed by atoms with Gasteiger partial charge in [-0.3, -0.25) is 4.79 Å². The number of benzene rings is 2. The van der Waals surface area contributed by atoms with Crippen molar-refractivity contribution < 1.29 is 4.79 Å². The summed E-state index contributed by atoms with van der Waals surface area (Å²) in [6, 6.07) is 14.4. The SMILES string of the molecule is CCN(C(=O)c1cccc2ccccc12)C1CCCNC1. The third kappa shape index (κ3) is 2.79. The first-order chi connectivity index (χ1) is 10.3. The molecule has 1 unspecified atom stereocenters. The third-order valence-corrected chi connectivity index (χ3v) is 4.33. The molecule has 0 radical (unpaired) electrons. The van der Waals surface area contributed by atoms with Crippen molar-refractivity contribution in [3.05, 3.63) is 48.0 Å². The molecular weight excluding hydrogens is 260 g/mol. The molecule has 0 bridgehead atoms. The van der Waals surface area contributed by atoms with Crippen molar-refractivity contribution in [2.75, 3.05) is 19.6 Å². The molecule has 1 aliphatic rings. The van der Waals surface area contributed by atoms with Gasteiger partial charge in [0.25, 0.3) is 5.91 Å². The number of rotatable bonds is 3. The Morgan fingerprint density at radius 1 is 1.24 bits per heavy atom. The van der Waals surface area contributed by atoms with Gasteiger partial charge in [0.1, 0.15) is 0 Å². The Balaban J connectivity index is 1.94. The molecule has 0 aliphatic carbocycles. The number of hydrogen-bond donors (Lipinski definition) is 1. The monoisotopic (exact) mass is 282 g/mol. The van der Waals surface area contributed by atoms with Crippen molar-refractivity contribution in [1.82, 2.24) is 10.2 Å². The topological polar surface area (TPSA) is 32.3 Å². The maximum atomic E-state index is 13.0. The number of nitrogens with zero attached hydrogens (tertiary/aromatic N) is 1. The van der Waals surface area contributed by atoms with Crippen molar-refractivity contribution in [1.29, 1.82) is 0 Å². The summed E-state index contributed by atoms with van der Waals surface area (Å²) >= 11 is 0. The van der Waals surface area contributed by atoms with Gasteiger partial charge in [-0.25, -0.2) is 0 Å². The fourth-order valence-electron chi connectivity index (χ4n) is 3.23. The van der Waals surface area contributed by atoms with E-state index in [0.29, 0.717) is 6.04 Å². The average molecular weight is 282 g/mol. The number of carbonyl (C=O) groups is 1. The second-order valence-electron chi connectivity index (χ2n) is 5.62. The third-order valence-electron chi connectivity index (χ3n) is 4.33. The van der Waals surface area contributed by atoms with Crippen LogP contribution in [0.4, 0.5) is 0 Å². The number of likely N-dealkylation sites (N-methyl/N-ethyl adjacent to an activating group) is 1. The summed E-state index contributed by atoms with van der Waals surface area (Å²) in [7, 11) is 0. The number of nitrogens with one attached hydrogen (secondary N) is 1. The zero-order valence-electron chi connectivity index (χ0n) is 12.5. The highest BCUT2D eigenvalue weighted by atomic mass is 16.2. The molecule has 3 heteroatoms. The average Bonchev–Trinajstić information content (AvgIpc) is 2.56. The van der Waals surface area contributed by atoms with E-state index < -0.39 is 0 Å². The molecular formula is C18H22N2O. The molecule has 1 N–H and O–H groups in total. The van der Waals surface area contributed by atoms with Crippen molar-refractivity contribution >= 4 is 16.7 Å². The van der Waals surface area contributed by atoms with Crippen molar-refractivity contribution in [2.45, 2.75) is 25.8 Å². The first-order valence-electron chi connectivity index (χ1n) is 7.80. The summed E-state index contributed by atoms with van der Waals surface area (Å²) in [4.78, 5) is 15.0. The Hall–Kier alpha value is -1.87. The zero-order chi connectivity index (χ0) is 14.7. The molecule has 3 nitrogen and oxygen atoms in total. The molecule has 1 saturated heterocycles. The molecule has 2 aromatic carbocycles. The molecule has 21 heavy (non-hydrogen) atoms. The Morgan fingerprint density at radius 2 is 2.05 bits per heavy atom. The summed E-state index contributed by atoms with van der Waals surface area (Å²) in [6.07, 6.45) is 2.24. The second kappa shape index (κ2) is 6.27. The van der Waals surface area contributed by atoms with E-state index in [-0.39, 0.29) is 5.91 Å². The van der Waals surface area contributed by atoms with Gasteiger partial charge >= 0.3 is 0 Å². The molecule has 2 aromatic rings. The Bertz CT molecular complexity index is 627. The van der Waals surface area contributed by atoms with Gasteiger partial charge in [-0.05, 0) is 43.1 Å². The van der Waals surface area contributed by atoms with E-state index in [9.17, 15) is 4.79 Å². The first kappa shape index (κ1) is 14.1. The van der Waals surface area contributed by atoms with Gasteiger partial charge in [-0.2, -0.15) is 0 Å². The lowest BCUT2D eigenvalue weighted by Gasteiger charge is -2.34. The van der Waals surface area contributed by atoms with E-state index in [0.717, 1.165) is 48.8 Å². The van der Waals surface area contributed by atoms with Crippen LogP contribution in [0.25, 0.3) is 10.8 Å². The van der Waals surface area contributed by atoms with Crippen LogP contribution in [0.3, 0.4) is 0 Å². The van der Waals surface area contributed by atoms with Gasteiger partial charge in [-0.1, -0.05) is 36.4 Å². The van der Waals surface area contributed by atoms with E-state index >= 15 is 0 Å². The molecule has 0 aromatic heterocycles. The zero-order valence-corrected chi connectivity index (χ0v) is 12.5. The van der Waals surface area contributed by atoms with Crippen LogP contribution in [0.2, 0.25) is 0 Å². The molecule has 3 rings (SSSR count). The number of hydrogen-bond acceptors (Lipinski definition) is 2. The van der Waals surface area contributed by atoms with Gasteiger partial charge in [0.2, 0.25) is 0 Å². The number of piperidine rings is 1. The molecule has 110 valence electrons. The summed E-state index contributed by atoms with van der Waals surface area (Å²) in [5.74, 6) is 0.156. The van der Waals surface area contributed by atoms with Crippen molar-refractivity contribution in [2.24, 2.45) is 0 Å². The minimum Gasteiger partial charge on any atom is -0.335 e. The van der Waals surface area contributed by atoms with Crippen LogP contribution < -0.4 is 5.32 Å². The minimum absolute atomic E-state index is 0.156. The van der Waals surface area contributed by atoms with Gasteiger partial charge in [-0.15, -0.1) is 0 Å². The quantitative estimate of drug-likeness (QED) is 0.938. The lowest BCUT2D eigenvalue weighted by molar-refractivity contribution is 0.0664. The van der Waals surface area contributed by atoms with Gasteiger partial charge < -0.3 is 10.2 Å². The fourth-order valence-corrected chi connectivity index (χ4v) is 3.23. The van der Waals surface area contributed by atoms with Crippen LogP contribution in [0.5, 0.6) is 0 Å². The van der Waals surface area contributed by atoms with E-state index in [1.165, 1.54) is 0 Å². The van der Waals surface area contributed by atoms with Crippen LogP contribution >= 0.6 is 0 Å². The molecule has 1 aliphatic heterocycles. The van der Waals surface area contributed by atoms with E-state index in [1.54, 1.807) is 0 Å². The summed E-state index contributed by atoms with van der Waals surface area (Å²) < 4.78 is 0. The number of fused-ring (bicyclic) bond motifs is 1. The lowest BCUT2D eigenvalue weighted by Crippen LogP contribution is -2.48. The molecule has 1 amide bonds. The summed E-state index contributed by atoms with van der Waals surface area (Å²) in [5, 5.41) is 5.57. The van der Waals surface area contributed by atoms with Gasteiger partial charge in [0, 0.05) is 24.7 Å². The van der Waals surface area contributed by atoms with E-state index in [2.05, 4.69) is 24.4 Å². The molecule has 1 atom stereocenters. The van der Waals surface area contributed by atoms with Crippen molar-refractivity contribution in [3.63, 3.8) is 0 Å². The molecule has 0 spiro atoms. The summed E-state index contributed by atoms with van der Waals surface area (Å²) in [6.45, 7) is 4.80. The predicted octanol–water partition coefficient (Wildman–Crippen LogP) is 3.05. The maximum absolute atomic E-state index is 13.0. The Kier molecular flexibility index (Phi) is 4.20. The first-order valence-corrected chi connectivity index (χ1v) is 7.80. The molecule has 0 saturated carbocycles. The standard InChI is InChI=1S/C18H22N2O/c1-2-20(15-9-6-12-19-13-15)18(21)17-11-5-8-14-7-3-4-10-16(14)17/h3-5,7-8,10-11,15,19H,2,6,9,12-13H2,1H3. The summed E-state index contributed by atoms with van der Waals surface area (Å²) in [5.41, 5.74) is 0.820.